The highest BCUT2D eigenvalue weighted by Gasteiger charge is 2.19. The molecule has 0 aromatic carbocycles. The number of ether oxygens (including phenoxy) is 1. The second kappa shape index (κ2) is 8.97. The van der Waals surface area contributed by atoms with E-state index in [0.717, 1.165) is 31.5 Å². The van der Waals surface area contributed by atoms with Gasteiger partial charge in [-0.1, -0.05) is 26.2 Å². The van der Waals surface area contributed by atoms with Crippen LogP contribution in [0, 0.1) is 5.92 Å². The van der Waals surface area contributed by atoms with Crippen LogP contribution in [0.5, 0.6) is 0 Å². The van der Waals surface area contributed by atoms with E-state index in [0.29, 0.717) is 6.61 Å². The van der Waals surface area contributed by atoms with E-state index in [1.54, 1.807) is 0 Å². The number of aliphatic hydroxyl groups is 1. The third-order valence-electron chi connectivity index (χ3n) is 3.49. The third kappa shape index (κ3) is 5.83. The van der Waals surface area contributed by atoms with Crippen molar-refractivity contribution in [3.05, 3.63) is 0 Å². The van der Waals surface area contributed by atoms with Gasteiger partial charge in [-0.2, -0.15) is 0 Å². The number of aliphatic hydroxyl groups excluding tert-OH is 1. The Balaban J connectivity index is 1.95. The van der Waals surface area contributed by atoms with Crippen LogP contribution in [0.25, 0.3) is 0 Å². The van der Waals surface area contributed by atoms with Gasteiger partial charge in [0.1, 0.15) is 0 Å². The van der Waals surface area contributed by atoms with Gasteiger partial charge in [0.2, 0.25) is 0 Å². The summed E-state index contributed by atoms with van der Waals surface area (Å²) in [6, 6.07) is 0.733. The fraction of sp³-hybridized carbons (Fsp3) is 1.00. The van der Waals surface area contributed by atoms with Crippen LogP contribution in [-0.2, 0) is 4.74 Å². The molecule has 0 aromatic heterocycles. The highest BCUT2D eigenvalue weighted by Crippen LogP contribution is 2.26. The summed E-state index contributed by atoms with van der Waals surface area (Å²) in [5.41, 5.74) is 0. The minimum Gasteiger partial charge on any atom is -0.394 e. The molecular formula is C13H27NO2. The zero-order valence-corrected chi connectivity index (χ0v) is 10.6. The van der Waals surface area contributed by atoms with Crippen LogP contribution in [0.4, 0.5) is 0 Å². The predicted molar refractivity (Wildman–Crippen MR) is 66.6 cm³/mol. The maximum absolute atomic E-state index is 8.54. The van der Waals surface area contributed by atoms with Gasteiger partial charge in [0.15, 0.2) is 0 Å². The topological polar surface area (TPSA) is 41.5 Å². The fourth-order valence-corrected chi connectivity index (χ4v) is 2.49. The molecule has 1 rings (SSSR count). The smallest absolute Gasteiger partial charge is 0.0697 e. The number of hydrogen-bond acceptors (Lipinski definition) is 3. The van der Waals surface area contributed by atoms with E-state index >= 15 is 0 Å². The SMILES string of the molecule is CCC1CCCC(NCCCOCCO)C1. The first kappa shape index (κ1) is 13.9. The maximum Gasteiger partial charge on any atom is 0.0697 e. The zero-order chi connectivity index (χ0) is 11.6. The Hall–Kier alpha value is -0.120. The van der Waals surface area contributed by atoms with E-state index in [4.69, 9.17) is 9.84 Å². The lowest BCUT2D eigenvalue weighted by Gasteiger charge is -2.29. The molecule has 0 radical (unpaired) electrons. The van der Waals surface area contributed by atoms with Crippen molar-refractivity contribution in [3.63, 3.8) is 0 Å². The second-order valence-electron chi connectivity index (χ2n) is 4.78. The average molecular weight is 229 g/mol. The first-order chi connectivity index (χ1) is 7.86. The zero-order valence-electron chi connectivity index (χ0n) is 10.6. The van der Waals surface area contributed by atoms with Crippen LogP contribution in [0.1, 0.15) is 45.4 Å². The number of hydrogen-bond donors (Lipinski definition) is 2. The van der Waals surface area contributed by atoms with Crippen molar-refractivity contribution in [2.45, 2.75) is 51.5 Å². The Morgan fingerprint density at radius 2 is 2.19 bits per heavy atom. The van der Waals surface area contributed by atoms with Crippen molar-refractivity contribution in [2.24, 2.45) is 5.92 Å². The lowest BCUT2D eigenvalue weighted by atomic mass is 9.84. The summed E-state index contributed by atoms with van der Waals surface area (Å²) in [4.78, 5) is 0. The molecule has 3 heteroatoms. The van der Waals surface area contributed by atoms with Crippen LogP contribution in [0.3, 0.4) is 0 Å². The molecule has 1 aliphatic carbocycles. The Bertz CT molecular complexity index is 164. The van der Waals surface area contributed by atoms with Gasteiger partial charge in [-0.3, -0.25) is 0 Å². The number of nitrogens with one attached hydrogen (secondary N) is 1. The van der Waals surface area contributed by atoms with Gasteiger partial charge in [0.05, 0.1) is 13.2 Å². The summed E-state index contributed by atoms with van der Waals surface area (Å²) in [7, 11) is 0. The first-order valence-corrected chi connectivity index (χ1v) is 6.78. The molecule has 16 heavy (non-hydrogen) atoms. The Morgan fingerprint density at radius 1 is 1.31 bits per heavy atom. The van der Waals surface area contributed by atoms with Gasteiger partial charge < -0.3 is 15.2 Å². The van der Waals surface area contributed by atoms with Gasteiger partial charge in [-0.15, -0.1) is 0 Å². The van der Waals surface area contributed by atoms with Crippen LogP contribution < -0.4 is 5.32 Å². The molecular weight excluding hydrogens is 202 g/mol. The van der Waals surface area contributed by atoms with Crippen LogP contribution >= 0.6 is 0 Å². The normalized spacial score (nSPS) is 25.9. The van der Waals surface area contributed by atoms with E-state index in [-0.39, 0.29) is 6.61 Å². The van der Waals surface area contributed by atoms with Crippen molar-refractivity contribution in [2.75, 3.05) is 26.4 Å². The van der Waals surface area contributed by atoms with E-state index in [1.807, 2.05) is 0 Å². The van der Waals surface area contributed by atoms with Gasteiger partial charge in [0.25, 0.3) is 0 Å². The third-order valence-corrected chi connectivity index (χ3v) is 3.49. The maximum atomic E-state index is 8.54. The van der Waals surface area contributed by atoms with Crippen molar-refractivity contribution in [1.82, 2.24) is 5.32 Å². The molecule has 2 unspecified atom stereocenters. The molecule has 0 heterocycles. The molecule has 0 amide bonds. The molecule has 2 N–H and O–H groups in total. The molecule has 0 aliphatic heterocycles. The molecule has 96 valence electrons. The Kier molecular flexibility index (Phi) is 7.81. The van der Waals surface area contributed by atoms with E-state index in [2.05, 4.69) is 12.2 Å². The van der Waals surface area contributed by atoms with Gasteiger partial charge in [-0.05, 0) is 31.7 Å². The standard InChI is InChI=1S/C13H27NO2/c1-2-12-5-3-6-13(11-12)14-7-4-9-16-10-8-15/h12-15H,2-11H2,1H3. The quantitative estimate of drug-likeness (QED) is 0.625. The molecule has 1 saturated carbocycles. The summed E-state index contributed by atoms with van der Waals surface area (Å²) < 4.78 is 5.22. The summed E-state index contributed by atoms with van der Waals surface area (Å²) in [6.07, 6.45) is 7.89. The minimum absolute atomic E-state index is 0.133. The van der Waals surface area contributed by atoms with Crippen molar-refractivity contribution >= 4 is 0 Å². The molecule has 0 saturated heterocycles. The lowest BCUT2D eigenvalue weighted by molar-refractivity contribution is 0.0899. The second-order valence-corrected chi connectivity index (χ2v) is 4.78. The van der Waals surface area contributed by atoms with Gasteiger partial charge >= 0.3 is 0 Å². The van der Waals surface area contributed by atoms with E-state index in [1.165, 1.54) is 32.1 Å². The van der Waals surface area contributed by atoms with Crippen molar-refractivity contribution in [1.29, 1.82) is 0 Å². The largest absolute Gasteiger partial charge is 0.394 e. The molecule has 0 spiro atoms. The summed E-state index contributed by atoms with van der Waals surface area (Å²) >= 11 is 0. The summed E-state index contributed by atoms with van der Waals surface area (Å²) in [5.74, 6) is 0.942. The number of rotatable bonds is 8. The van der Waals surface area contributed by atoms with E-state index < -0.39 is 0 Å². The molecule has 3 nitrogen and oxygen atoms in total. The predicted octanol–water partition coefficient (Wildman–Crippen LogP) is 1.94. The fourth-order valence-electron chi connectivity index (χ4n) is 2.49. The molecule has 2 atom stereocenters. The van der Waals surface area contributed by atoms with Gasteiger partial charge in [-0.25, -0.2) is 0 Å². The average Bonchev–Trinajstić information content (AvgIpc) is 2.34. The summed E-state index contributed by atoms with van der Waals surface area (Å²) in [5, 5.41) is 12.2. The lowest BCUT2D eigenvalue weighted by Crippen LogP contribution is -2.35. The molecule has 0 bridgehead atoms. The highest BCUT2D eigenvalue weighted by molar-refractivity contribution is 4.77. The Morgan fingerprint density at radius 3 is 2.94 bits per heavy atom. The molecule has 1 fully saturated rings. The van der Waals surface area contributed by atoms with Crippen LogP contribution in [0.15, 0.2) is 0 Å². The van der Waals surface area contributed by atoms with Crippen molar-refractivity contribution in [3.8, 4) is 0 Å². The molecule has 1 aliphatic rings. The first-order valence-electron chi connectivity index (χ1n) is 6.78. The van der Waals surface area contributed by atoms with Crippen LogP contribution in [-0.4, -0.2) is 37.5 Å². The minimum atomic E-state index is 0.133. The van der Waals surface area contributed by atoms with Gasteiger partial charge in [0, 0.05) is 12.6 Å². The van der Waals surface area contributed by atoms with Crippen LogP contribution in [0.2, 0.25) is 0 Å². The summed E-state index contributed by atoms with van der Waals surface area (Å²) in [6.45, 7) is 4.72. The highest BCUT2D eigenvalue weighted by atomic mass is 16.5. The Labute approximate surface area is 99.6 Å². The molecule has 0 aromatic rings. The van der Waals surface area contributed by atoms with E-state index in [9.17, 15) is 0 Å². The monoisotopic (exact) mass is 229 g/mol. The van der Waals surface area contributed by atoms with Crippen molar-refractivity contribution < 1.29 is 9.84 Å².